The molecule has 0 spiro atoms. The predicted molar refractivity (Wildman–Crippen MR) is 71.7 cm³/mol. The maximum Gasteiger partial charge on any atom is 0.240 e. The third-order valence-electron chi connectivity index (χ3n) is 3.30. The number of hydrogen-bond donors (Lipinski definition) is 1. The summed E-state index contributed by atoms with van der Waals surface area (Å²) in [6.45, 7) is 11.4. The number of aromatic nitrogens is 2. The Morgan fingerprint density at radius 3 is 3.00 bits per heavy atom. The maximum atomic E-state index is 5.63. The van der Waals surface area contributed by atoms with E-state index in [2.05, 4.69) is 20.4 Å². The molecule has 2 heterocycles. The molecular formula is C13H24N4O2. The third-order valence-corrected chi connectivity index (χ3v) is 3.30. The van der Waals surface area contributed by atoms with Crippen LogP contribution >= 0.6 is 0 Å². The Hall–Kier alpha value is -0.980. The molecule has 1 aromatic heterocycles. The average molecular weight is 268 g/mol. The minimum Gasteiger partial charge on any atom is -0.368 e. The van der Waals surface area contributed by atoms with Gasteiger partial charge in [0, 0.05) is 19.7 Å². The fourth-order valence-corrected chi connectivity index (χ4v) is 2.24. The Balaban J connectivity index is 1.96. The molecule has 6 heteroatoms. The van der Waals surface area contributed by atoms with Crippen LogP contribution in [0.2, 0.25) is 0 Å². The highest BCUT2D eigenvalue weighted by Crippen LogP contribution is 2.21. The molecule has 1 saturated heterocycles. The van der Waals surface area contributed by atoms with E-state index in [9.17, 15) is 0 Å². The highest BCUT2D eigenvalue weighted by molar-refractivity contribution is 4.97. The molecule has 1 fully saturated rings. The van der Waals surface area contributed by atoms with Crippen molar-refractivity contribution in [1.82, 2.24) is 20.4 Å². The van der Waals surface area contributed by atoms with Gasteiger partial charge in [0.2, 0.25) is 11.7 Å². The first-order chi connectivity index (χ1) is 9.12. The summed E-state index contributed by atoms with van der Waals surface area (Å²) in [6, 6.07) is 0. The summed E-state index contributed by atoms with van der Waals surface area (Å²) in [6.07, 6.45) is 1.16. The van der Waals surface area contributed by atoms with Gasteiger partial charge < -0.3 is 14.6 Å². The molecule has 19 heavy (non-hydrogen) atoms. The van der Waals surface area contributed by atoms with Crippen molar-refractivity contribution in [2.45, 2.75) is 39.3 Å². The van der Waals surface area contributed by atoms with E-state index in [1.807, 2.05) is 20.8 Å². The van der Waals surface area contributed by atoms with E-state index in [0.29, 0.717) is 18.3 Å². The van der Waals surface area contributed by atoms with Gasteiger partial charge in [0.05, 0.1) is 6.54 Å². The Bertz CT molecular complexity index is 384. The minimum absolute atomic E-state index is 0.489. The number of ether oxygens (including phenoxy) is 1. The molecule has 0 aliphatic carbocycles. The molecule has 0 aromatic carbocycles. The van der Waals surface area contributed by atoms with E-state index in [-0.39, 0.29) is 0 Å². The van der Waals surface area contributed by atoms with Gasteiger partial charge in [0.15, 0.2) is 0 Å². The first-order valence-corrected chi connectivity index (χ1v) is 7.02. The molecule has 0 atom stereocenters. The van der Waals surface area contributed by atoms with Crippen molar-refractivity contribution in [3.8, 4) is 0 Å². The lowest BCUT2D eigenvalue weighted by Gasteiger charge is -2.20. The van der Waals surface area contributed by atoms with Crippen molar-refractivity contribution in [3.63, 3.8) is 0 Å². The highest BCUT2D eigenvalue weighted by atomic mass is 16.5. The fraction of sp³-hybridized carbons (Fsp3) is 0.846. The summed E-state index contributed by atoms with van der Waals surface area (Å²) in [5.41, 5.74) is -0.489. The van der Waals surface area contributed by atoms with Crippen molar-refractivity contribution in [1.29, 1.82) is 0 Å². The second-order valence-electron chi connectivity index (χ2n) is 5.33. The Morgan fingerprint density at radius 2 is 2.21 bits per heavy atom. The molecule has 1 aromatic rings. The zero-order chi connectivity index (χ0) is 13.7. The molecule has 108 valence electrons. The van der Waals surface area contributed by atoms with Crippen molar-refractivity contribution in [2.75, 3.05) is 32.8 Å². The summed E-state index contributed by atoms with van der Waals surface area (Å²) >= 11 is 0. The summed E-state index contributed by atoms with van der Waals surface area (Å²) in [5.74, 6) is 1.29. The summed E-state index contributed by atoms with van der Waals surface area (Å²) in [7, 11) is 0. The fourth-order valence-electron chi connectivity index (χ4n) is 2.24. The van der Waals surface area contributed by atoms with E-state index < -0.39 is 5.60 Å². The van der Waals surface area contributed by atoms with E-state index >= 15 is 0 Å². The summed E-state index contributed by atoms with van der Waals surface area (Å²) < 4.78 is 11.0. The van der Waals surface area contributed by atoms with E-state index in [1.165, 1.54) is 0 Å². The molecule has 6 nitrogen and oxygen atoms in total. The first kappa shape index (κ1) is 14.4. The summed E-state index contributed by atoms with van der Waals surface area (Å²) in [4.78, 5) is 6.80. The van der Waals surface area contributed by atoms with Gasteiger partial charge in [-0.15, -0.1) is 0 Å². The van der Waals surface area contributed by atoms with Crippen LogP contribution < -0.4 is 5.32 Å². The number of rotatable bonds is 5. The number of nitrogens with one attached hydrogen (secondary N) is 1. The van der Waals surface area contributed by atoms with Crippen LogP contribution in [-0.2, 0) is 16.9 Å². The van der Waals surface area contributed by atoms with Gasteiger partial charge in [-0.1, -0.05) is 5.16 Å². The highest BCUT2D eigenvalue weighted by Gasteiger charge is 2.27. The Kier molecular flexibility index (Phi) is 4.90. The average Bonchev–Trinajstić information content (AvgIpc) is 2.68. The van der Waals surface area contributed by atoms with Crippen LogP contribution in [0.4, 0.5) is 0 Å². The normalized spacial score (nSPS) is 18.5. The SMILES string of the molecule is CCOC(C)(C)c1noc(CN2CCCNCC2)n1. The molecule has 0 unspecified atom stereocenters. The van der Waals surface area contributed by atoms with E-state index in [4.69, 9.17) is 9.26 Å². The lowest BCUT2D eigenvalue weighted by atomic mass is 10.1. The number of nitrogens with zero attached hydrogens (tertiary/aromatic N) is 3. The van der Waals surface area contributed by atoms with Crippen LogP contribution in [0.5, 0.6) is 0 Å². The molecule has 1 aliphatic heterocycles. The molecule has 0 amide bonds. The smallest absolute Gasteiger partial charge is 0.240 e. The monoisotopic (exact) mass is 268 g/mol. The quantitative estimate of drug-likeness (QED) is 0.864. The van der Waals surface area contributed by atoms with E-state index in [0.717, 1.165) is 39.1 Å². The molecule has 1 N–H and O–H groups in total. The predicted octanol–water partition coefficient (Wildman–Crippen LogP) is 1.14. The van der Waals surface area contributed by atoms with Crippen LogP contribution in [0.25, 0.3) is 0 Å². The van der Waals surface area contributed by atoms with Gasteiger partial charge in [-0.25, -0.2) is 0 Å². The Labute approximate surface area is 114 Å². The lowest BCUT2D eigenvalue weighted by molar-refractivity contribution is -0.0221. The molecule has 0 radical (unpaired) electrons. The van der Waals surface area contributed by atoms with Gasteiger partial charge in [-0.05, 0) is 40.3 Å². The molecule has 0 saturated carbocycles. The van der Waals surface area contributed by atoms with E-state index in [1.54, 1.807) is 0 Å². The first-order valence-electron chi connectivity index (χ1n) is 7.02. The van der Waals surface area contributed by atoms with Crippen LogP contribution in [0.3, 0.4) is 0 Å². The van der Waals surface area contributed by atoms with Crippen LogP contribution in [0.1, 0.15) is 38.9 Å². The molecule has 1 aliphatic rings. The molecular weight excluding hydrogens is 244 g/mol. The lowest BCUT2D eigenvalue weighted by Crippen LogP contribution is -2.28. The largest absolute Gasteiger partial charge is 0.368 e. The molecule has 0 bridgehead atoms. The zero-order valence-electron chi connectivity index (χ0n) is 12.1. The standard InChI is InChI=1S/C13H24N4O2/c1-4-18-13(2,3)12-15-11(19-16-12)10-17-8-5-6-14-7-9-17/h14H,4-10H2,1-3H3. The number of hydrogen-bond acceptors (Lipinski definition) is 6. The minimum atomic E-state index is -0.489. The van der Waals surface area contributed by atoms with Crippen molar-refractivity contribution in [2.24, 2.45) is 0 Å². The third kappa shape index (κ3) is 3.99. The van der Waals surface area contributed by atoms with Crippen molar-refractivity contribution in [3.05, 3.63) is 11.7 Å². The van der Waals surface area contributed by atoms with Crippen molar-refractivity contribution < 1.29 is 9.26 Å². The van der Waals surface area contributed by atoms with Crippen LogP contribution in [0, 0.1) is 0 Å². The van der Waals surface area contributed by atoms with Crippen LogP contribution in [0.15, 0.2) is 4.52 Å². The Morgan fingerprint density at radius 1 is 1.37 bits per heavy atom. The van der Waals surface area contributed by atoms with Gasteiger partial charge in [0.25, 0.3) is 0 Å². The van der Waals surface area contributed by atoms with Gasteiger partial charge in [-0.3, -0.25) is 4.90 Å². The molecule has 2 rings (SSSR count). The second kappa shape index (κ2) is 6.45. The maximum absolute atomic E-state index is 5.63. The van der Waals surface area contributed by atoms with Gasteiger partial charge in [-0.2, -0.15) is 4.98 Å². The summed E-state index contributed by atoms with van der Waals surface area (Å²) in [5, 5.41) is 7.42. The zero-order valence-corrected chi connectivity index (χ0v) is 12.1. The van der Waals surface area contributed by atoms with Gasteiger partial charge >= 0.3 is 0 Å². The topological polar surface area (TPSA) is 63.4 Å². The second-order valence-corrected chi connectivity index (χ2v) is 5.33. The van der Waals surface area contributed by atoms with Crippen LogP contribution in [-0.4, -0.2) is 47.8 Å². The van der Waals surface area contributed by atoms with Gasteiger partial charge in [0.1, 0.15) is 5.60 Å². The van der Waals surface area contributed by atoms with Crippen molar-refractivity contribution >= 4 is 0 Å².